The molecule has 2 aromatic heterocycles. The number of pyridine rings is 2. The Balaban J connectivity index is 2.67. The van der Waals surface area contributed by atoms with Crippen molar-refractivity contribution in [2.45, 2.75) is 6.92 Å². The van der Waals surface area contributed by atoms with E-state index in [4.69, 9.17) is 4.74 Å². The zero-order valence-corrected chi connectivity index (χ0v) is 12.0. The second kappa shape index (κ2) is 4.35. The number of methoxy groups -OCH3 is 1. The monoisotopic (exact) mass is 318 g/mol. The van der Waals surface area contributed by atoms with Crippen LogP contribution in [0.3, 0.4) is 0 Å². The van der Waals surface area contributed by atoms with E-state index < -0.39 is 0 Å². The summed E-state index contributed by atoms with van der Waals surface area (Å²) in [6.07, 6.45) is 0. The van der Waals surface area contributed by atoms with E-state index >= 15 is 0 Å². The molecule has 1 aromatic carbocycles. The summed E-state index contributed by atoms with van der Waals surface area (Å²) in [4.78, 5) is 19.3. The Morgan fingerprint density at radius 2 is 1.95 bits per heavy atom. The van der Waals surface area contributed by atoms with Gasteiger partial charge in [0.2, 0.25) is 5.88 Å². The Labute approximate surface area is 117 Å². The molecule has 0 unspecified atom stereocenters. The molecule has 0 saturated carbocycles. The fourth-order valence-corrected chi connectivity index (χ4v) is 2.94. The molecule has 0 atom stereocenters. The van der Waals surface area contributed by atoms with Crippen molar-refractivity contribution in [1.82, 2.24) is 9.97 Å². The van der Waals surface area contributed by atoms with Crippen LogP contribution in [0, 0.1) is 6.92 Å². The SMILES string of the molecule is COc1nc(C)c2[nH]c(=O)c3ccccc3c2c1Br. The van der Waals surface area contributed by atoms with E-state index in [2.05, 4.69) is 25.9 Å². The Morgan fingerprint density at radius 3 is 2.63 bits per heavy atom. The fourth-order valence-electron chi connectivity index (χ4n) is 2.28. The van der Waals surface area contributed by atoms with Gasteiger partial charge in [-0.3, -0.25) is 4.79 Å². The van der Waals surface area contributed by atoms with E-state index in [1.54, 1.807) is 7.11 Å². The maximum Gasteiger partial charge on any atom is 0.256 e. The first-order valence-electron chi connectivity index (χ1n) is 5.78. The van der Waals surface area contributed by atoms with E-state index in [9.17, 15) is 4.79 Å². The smallest absolute Gasteiger partial charge is 0.256 e. The van der Waals surface area contributed by atoms with Crippen LogP contribution in [0.15, 0.2) is 33.5 Å². The van der Waals surface area contributed by atoms with E-state index in [1.165, 1.54) is 0 Å². The minimum absolute atomic E-state index is 0.106. The molecule has 96 valence electrons. The molecule has 2 heterocycles. The van der Waals surface area contributed by atoms with Gasteiger partial charge in [0.25, 0.3) is 5.56 Å². The van der Waals surface area contributed by atoms with Crippen LogP contribution in [-0.2, 0) is 0 Å². The average Bonchev–Trinajstić information content (AvgIpc) is 2.43. The van der Waals surface area contributed by atoms with Gasteiger partial charge in [0.05, 0.1) is 22.8 Å². The lowest BCUT2D eigenvalue weighted by molar-refractivity contribution is 0.395. The van der Waals surface area contributed by atoms with Crippen molar-refractivity contribution in [3.8, 4) is 5.88 Å². The Kier molecular flexibility index (Phi) is 2.78. The number of hydrogen-bond acceptors (Lipinski definition) is 3. The van der Waals surface area contributed by atoms with Crippen molar-refractivity contribution in [3.63, 3.8) is 0 Å². The van der Waals surface area contributed by atoms with E-state index in [1.807, 2.05) is 31.2 Å². The molecule has 3 rings (SSSR count). The zero-order chi connectivity index (χ0) is 13.6. The molecule has 0 spiro atoms. The highest BCUT2D eigenvalue weighted by molar-refractivity contribution is 9.10. The third-order valence-corrected chi connectivity index (χ3v) is 3.90. The molecule has 0 amide bonds. The summed E-state index contributed by atoms with van der Waals surface area (Å²) < 4.78 is 6.02. The van der Waals surface area contributed by atoms with Crippen molar-refractivity contribution in [1.29, 1.82) is 0 Å². The van der Waals surface area contributed by atoms with Crippen molar-refractivity contribution >= 4 is 37.6 Å². The van der Waals surface area contributed by atoms with Crippen molar-refractivity contribution < 1.29 is 4.74 Å². The third-order valence-electron chi connectivity index (χ3n) is 3.16. The number of nitrogens with zero attached hydrogens (tertiary/aromatic N) is 1. The van der Waals surface area contributed by atoms with Crippen LogP contribution < -0.4 is 10.3 Å². The predicted molar refractivity (Wildman–Crippen MR) is 78.9 cm³/mol. The normalized spacial score (nSPS) is 11.1. The summed E-state index contributed by atoms with van der Waals surface area (Å²) in [7, 11) is 1.58. The largest absolute Gasteiger partial charge is 0.480 e. The first kappa shape index (κ1) is 12.2. The third kappa shape index (κ3) is 1.73. The molecular formula is C14H11BrN2O2. The number of aromatic amines is 1. The molecule has 1 N–H and O–H groups in total. The number of rotatable bonds is 1. The lowest BCUT2D eigenvalue weighted by Crippen LogP contribution is -2.08. The quantitative estimate of drug-likeness (QED) is 0.701. The molecule has 0 fully saturated rings. The molecule has 0 radical (unpaired) electrons. The van der Waals surface area contributed by atoms with Crippen LogP contribution >= 0.6 is 15.9 Å². The van der Waals surface area contributed by atoms with Gasteiger partial charge < -0.3 is 9.72 Å². The number of nitrogens with one attached hydrogen (secondary N) is 1. The van der Waals surface area contributed by atoms with Crippen LogP contribution in [0.2, 0.25) is 0 Å². The molecule has 4 nitrogen and oxygen atoms in total. The first-order valence-corrected chi connectivity index (χ1v) is 6.57. The average molecular weight is 319 g/mol. The summed E-state index contributed by atoms with van der Waals surface area (Å²) in [6, 6.07) is 7.50. The number of H-pyrrole nitrogens is 1. The van der Waals surface area contributed by atoms with Crippen LogP contribution in [0.4, 0.5) is 0 Å². The standard InChI is InChI=1S/C14H11BrN2O2/c1-7-12-10(11(15)14(16-7)19-2)8-5-3-4-6-9(8)13(18)17-12/h3-6H,1-2H3,(H,17,18). The van der Waals surface area contributed by atoms with Gasteiger partial charge in [0, 0.05) is 10.8 Å². The number of fused-ring (bicyclic) bond motifs is 3. The minimum Gasteiger partial charge on any atom is -0.480 e. The van der Waals surface area contributed by atoms with Gasteiger partial charge in [-0.25, -0.2) is 4.98 Å². The molecular weight excluding hydrogens is 308 g/mol. The molecule has 3 aromatic rings. The Hall–Kier alpha value is -1.88. The lowest BCUT2D eigenvalue weighted by Gasteiger charge is -2.10. The summed E-state index contributed by atoms with van der Waals surface area (Å²) in [5.41, 5.74) is 1.36. The van der Waals surface area contributed by atoms with Gasteiger partial charge in [-0.05, 0) is 34.3 Å². The molecule has 0 bridgehead atoms. The maximum atomic E-state index is 12.1. The molecule has 5 heteroatoms. The van der Waals surface area contributed by atoms with Gasteiger partial charge in [-0.2, -0.15) is 0 Å². The molecule has 19 heavy (non-hydrogen) atoms. The highest BCUT2D eigenvalue weighted by Gasteiger charge is 2.15. The van der Waals surface area contributed by atoms with Crippen LogP contribution in [-0.4, -0.2) is 17.1 Å². The zero-order valence-electron chi connectivity index (χ0n) is 10.5. The van der Waals surface area contributed by atoms with E-state index in [0.29, 0.717) is 11.3 Å². The first-order chi connectivity index (χ1) is 9.13. The number of aromatic nitrogens is 2. The number of aryl methyl sites for hydroxylation is 1. The Bertz CT molecular complexity index is 855. The highest BCUT2D eigenvalue weighted by Crippen LogP contribution is 2.35. The van der Waals surface area contributed by atoms with Gasteiger partial charge in [-0.15, -0.1) is 0 Å². The predicted octanol–water partition coefficient (Wildman–Crippen LogP) is 3.16. The minimum atomic E-state index is -0.106. The van der Waals surface area contributed by atoms with Gasteiger partial charge in [0.15, 0.2) is 0 Å². The number of hydrogen-bond donors (Lipinski definition) is 1. The van der Waals surface area contributed by atoms with Crippen molar-refractivity contribution in [3.05, 3.63) is 44.8 Å². The molecule has 0 aliphatic carbocycles. The highest BCUT2D eigenvalue weighted by atomic mass is 79.9. The second-order valence-corrected chi connectivity index (χ2v) is 5.06. The molecule has 0 saturated heterocycles. The summed E-state index contributed by atoms with van der Waals surface area (Å²) in [6.45, 7) is 1.85. The Morgan fingerprint density at radius 1 is 1.26 bits per heavy atom. The second-order valence-electron chi connectivity index (χ2n) is 4.27. The summed E-state index contributed by atoms with van der Waals surface area (Å²) in [5, 5.41) is 2.46. The van der Waals surface area contributed by atoms with E-state index in [-0.39, 0.29) is 5.56 Å². The van der Waals surface area contributed by atoms with Gasteiger partial charge >= 0.3 is 0 Å². The van der Waals surface area contributed by atoms with Crippen LogP contribution in [0.1, 0.15) is 5.69 Å². The van der Waals surface area contributed by atoms with Crippen LogP contribution in [0.5, 0.6) is 5.88 Å². The lowest BCUT2D eigenvalue weighted by atomic mass is 10.1. The molecule has 0 aliphatic heterocycles. The fraction of sp³-hybridized carbons (Fsp3) is 0.143. The summed E-state index contributed by atoms with van der Waals surface area (Å²) >= 11 is 3.51. The number of ether oxygens (including phenoxy) is 1. The maximum absolute atomic E-state index is 12.1. The van der Waals surface area contributed by atoms with Gasteiger partial charge in [0.1, 0.15) is 0 Å². The summed E-state index contributed by atoms with van der Waals surface area (Å²) in [5.74, 6) is 0.516. The number of benzene rings is 1. The number of halogens is 1. The van der Waals surface area contributed by atoms with E-state index in [0.717, 1.165) is 26.5 Å². The van der Waals surface area contributed by atoms with Crippen molar-refractivity contribution in [2.24, 2.45) is 0 Å². The van der Waals surface area contributed by atoms with Gasteiger partial charge in [-0.1, -0.05) is 18.2 Å². The topological polar surface area (TPSA) is 55.0 Å². The van der Waals surface area contributed by atoms with Crippen molar-refractivity contribution in [2.75, 3.05) is 7.11 Å². The van der Waals surface area contributed by atoms with Crippen LogP contribution in [0.25, 0.3) is 21.7 Å². The molecule has 0 aliphatic rings.